The van der Waals surface area contributed by atoms with Crippen LogP contribution in [0, 0.1) is 15.0 Å². The number of tetrazole rings is 1. The molecule has 2 N–H and O–H groups in total. The molecule has 0 radical (unpaired) electrons. The van der Waals surface area contributed by atoms with Crippen molar-refractivity contribution >= 4 is 5.95 Å². The lowest BCUT2D eigenvalue weighted by Gasteiger charge is -1.93. The maximum atomic E-state index is 10.2. The summed E-state index contributed by atoms with van der Waals surface area (Å²) in [5, 5.41) is 23.9. The summed E-state index contributed by atoms with van der Waals surface area (Å²) in [5.74, 6) is 0.00369. The van der Waals surface area contributed by atoms with Crippen LogP contribution in [0.25, 0.3) is 0 Å². The Bertz CT molecular complexity index is 401. The molecule has 0 aromatic carbocycles. The lowest BCUT2D eigenvalue weighted by molar-refractivity contribution is -0.975. The number of hydrogen-bond acceptors (Lipinski definition) is 6. The highest BCUT2D eigenvalue weighted by Gasteiger charge is 2.23. The summed E-state index contributed by atoms with van der Waals surface area (Å²) in [4.78, 5) is 24.4. The van der Waals surface area contributed by atoms with Gasteiger partial charge >= 0.3 is 11.0 Å². The molecule has 1 aromatic heterocycles. The summed E-state index contributed by atoms with van der Waals surface area (Å²) in [6.07, 6.45) is 0. The molecular formula is C4H9N7O5+2. The third kappa shape index (κ3) is 3.00. The summed E-state index contributed by atoms with van der Waals surface area (Å²) in [6.45, 7) is -0.209. The molecule has 0 bridgehead atoms. The second kappa shape index (κ2) is 4.81. The topological polar surface area (TPSA) is 139 Å². The Labute approximate surface area is 87.6 Å². The van der Waals surface area contributed by atoms with Gasteiger partial charge < -0.3 is 0 Å². The van der Waals surface area contributed by atoms with E-state index in [-0.39, 0.29) is 19.1 Å². The fraction of sp³-hybridized carbons (Fsp3) is 0.750. The normalized spacial score (nSPS) is 9.81. The van der Waals surface area contributed by atoms with Crippen molar-refractivity contribution in [3.63, 3.8) is 0 Å². The fourth-order valence-corrected chi connectivity index (χ4v) is 0.928. The van der Waals surface area contributed by atoms with E-state index in [0.717, 1.165) is 9.36 Å². The summed E-state index contributed by atoms with van der Waals surface area (Å²) in [6, 6.07) is 0. The van der Waals surface area contributed by atoms with Crippen molar-refractivity contribution in [2.45, 2.75) is 6.54 Å². The Kier molecular flexibility index (Phi) is 3.47. The predicted molar refractivity (Wildman–Crippen MR) is 43.2 cm³/mol. The van der Waals surface area contributed by atoms with E-state index in [1.807, 2.05) is 5.43 Å². The monoisotopic (exact) mass is 235 g/mol. The number of nitrogens with zero attached hydrogens (tertiary/aromatic N) is 6. The second-order valence-electron chi connectivity index (χ2n) is 2.59. The maximum absolute atomic E-state index is 10.2. The van der Waals surface area contributed by atoms with Gasteiger partial charge in [0.2, 0.25) is 11.6 Å². The van der Waals surface area contributed by atoms with Crippen LogP contribution in [0.4, 0.5) is 5.95 Å². The van der Waals surface area contributed by atoms with Crippen LogP contribution in [0.2, 0.25) is 0 Å². The van der Waals surface area contributed by atoms with Gasteiger partial charge in [-0.05, 0) is 0 Å². The Hall–Kier alpha value is -2.53. The molecule has 1 rings (SSSR count). The van der Waals surface area contributed by atoms with Crippen molar-refractivity contribution in [1.82, 2.24) is 15.1 Å². The molecule has 0 fully saturated rings. The van der Waals surface area contributed by atoms with E-state index in [1.165, 1.54) is 7.05 Å². The number of anilines is 1. The number of aryl methyl sites for hydroxylation is 1. The van der Waals surface area contributed by atoms with Gasteiger partial charge in [0.25, 0.3) is 0 Å². The van der Waals surface area contributed by atoms with E-state index in [9.17, 15) is 15.0 Å². The van der Waals surface area contributed by atoms with Crippen LogP contribution in [-0.2, 0) is 18.4 Å². The molecule has 12 nitrogen and oxygen atoms in total. The highest BCUT2D eigenvalue weighted by Crippen LogP contribution is 1.96. The molecule has 0 aliphatic carbocycles. The number of rotatable bonds is 6. The number of hydrazine groups is 1. The number of nitro groups is 1. The minimum absolute atomic E-state index is 0.00329. The Morgan fingerprint density at radius 3 is 2.94 bits per heavy atom. The lowest BCUT2D eigenvalue weighted by Crippen LogP contribution is -2.36. The van der Waals surface area contributed by atoms with Crippen molar-refractivity contribution in [1.29, 1.82) is 0 Å². The summed E-state index contributed by atoms with van der Waals surface area (Å²) >= 11 is 0. The van der Waals surface area contributed by atoms with Crippen LogP contribution in [0.15, 0.2) is 0 Å². The van der Waals surface area contributed by atoms with Crippen LogP contribution in [0.1, 0.15) is 0 Å². The molecule has 0 atom stereocenters. The molecule has 0 unspecified atom stereocenters. The smallest absolute Gasteiger partial charge is 0.226 e. The Morgan fingerprint density at radius 2 is 2.38 bits per heavy atom. The van der Waals surface area contributed by atoms with Crippen LogP contribution >= 0.6 is 0 Å². The van der Waals surface area contributed by atoms with E-state index in [2.05, 4.69) is 15.3 Å². The van der Waals surface area contributed by atoms with Crippen molar-refractivity contribution in [2.24, 2.45) is 7.05 Å². The van der Waals surface area contributed by atoms with E-state index in [0.29, 0.717) is 0 Å². The summed E-state index contributed by atoms with van der Waals surface area (Å²) in [7, 11) is 1.45. The second-order valence-corrected chi connectivity index (χ2v) is 2.59. The third-order valence-electron chi connectivity index (χ3n) is 1.53. The highest BCUT2D eigenvalue weighted by atomic mass is 16.9. The average Bonchev–Trinajstić information content (AvgIpc) is 2.48. The first-order valence-corrected chi connectivity index (χ1v) is 4.00. The Morgan fingerprint density at radius 1 is 1.69 bits per heavy atom. The standard InChI is InChI=1S/C4H8N7O5/c1-8-4(5-10(12)13)9(7-6-8)2-3-16-11(14)15/h2-3H2,1H3,(H,14,15)/q+1/p+1. The van der Waals surface area contributed by atoms with Gasteiger partial charge in [-0.15, -0.1) is 4.68 Å². The number of nitrogens with one attached hydrogen (secondary N) is 1. The quantitative estimate of drug-likeness (QED) is 0.322. The first-order chi connectivity index (χ1) is 7.50. The first kappa shape index (κ1) is 11.5. The Balaban J connectivity index is 2.65. The van der Waals surface area contributed by atoms with Gasteiger partial charge in [0, 0.05) is 5.43 Å². The summed E-state index contributed by atoms with van der Waals surface area (Å²) in [5.41, 5.74) is 1.87. The molecule has 0 aliphatic rings. The maximum Gasteiger partial charge on any atom is 0.475 e. The van der Waals surface area contributed by atoms with Gasteiger partial charge in [-0.1, -0.05) is 4.68 Å². The first-order valence-electron chi connectivity index (χ1n) is 4.00. The molecule has 0 spiro atoms. The molecule has 0 amide bonds. The molecule has 88 valence electrons. The molecule has 1 heterocycles. The zero-order chi connectivity index (χ0) is 12.1. The SMILES string of the molecule is C[n+]1nnn(CCO[N+](=O)O)c1N[N+](=O)[O-]. The third-order valence-corrected chi connectivity index (χ3v) is 1.53. The van der Waals surface area contributed by atoms with Gasteiger partial charge in [-0.2, -0.15) is 4.84 Å². The zero-order valence-electron chi connectivity index (χ0n) is 8.18. The number of aromatic nitrogens is 4. The van der Waals surface area contributed by atoms with Crippen molar-refractivity contribution in [3.8, 4) is 0 Å². The molecule has 0 aliphatic heterocycles. The molecule has 0 saturated carbocycles. The van der Waals surface area contributed by atoms with E-state index in [1.54, 1.807) is 0 Å². The van der Waals surface area contributed by atoms with Crippen LogP contribution in [0.3, 0.4) is 0 Å². The van der Waals surface area contributed by atoms with Gasteiger partial charge in [0.1, 0.15) is 16.7 Å². The fourth-order valence-electron chi connectivity index (χ4n) is 0.928. The molecular weight excluding hydrogens is 226 g/mol. The van der Waals surface area contributed by atoms with Crippen molar-refractivity contribution in [3.05, 3.63) is 15.0 Å². The van der Waals surface area contributed by atoms with Gasteiger partial charge in [0.05, 0.1) is 12.3 Å². The largest absolute Gasteiger partial charge is 0.475 e. The average molecular weight is 235 g/mol. The molecule has 12 heteroatoms. The predicted octanol–water partition coefficient (Wildman–Crippen LogP) is -2.19. The molecule has 16 heavy (non-hydrogen) atoms. The van der Waals surface area contributed by atoms with Crippen molar-refractivity contribution in [2.75, 3.05) is 12.0 Å². The van der Waals surface area contributed by atoms with Gasteiger partial charge in [0.15, 0.2) is 0 Å². The van der Waals surface area contributed by atoms with Crippen LogP contribution in [0.5, 0.6) is 0 Å². The lowest BCUT2D eigenvalue weighted by atomic mass is 10.7. The van der Waals surface area contributed by atoms with Crippen LogP contribution < -0.4 is 10.1 Å². The van der Waals surface area contributed by atoms with Crippen LogP contribution in [-0.4, -0.2) is 37.0 Å². The van der Waals surface area contributed by atoms with E-state index < -0.39 is 10.1 Å². The summed E-state index contributed by atoms with van der Waals surface area (Å²) < 4.78 is 2.24. The zero-order valence-corrected chi connectivity index (χ0v) is 8.18. The van der Waals surface area contributed by atoms with Gasteiger partial charge in [-0.25, -0.2) is 15.3 Å². The van der Waals surface area contributed by atoms with E-state index in [4.69, 9.17) is 5.21 Å². The van der Waals surface area contributed by atoms with Gasteiger partial charge in [-0.3, -0.25) is 0 Å². The highest BCUT2D eigenvalue weighted by molar-refractivity contribution is 5.09. The number of hydrogen-bond donors (Lipinski definition) is 2. The molecule has 0 saturated heterocycles. The minimum Gasteiger partial charge on any atom is -0.226 e. The minimum atomic E-state index is -0.776. The molecule has 1 aromatic rings. The van der Waals surface area contributed by atoms with E-state index >= 15 is 0 Å². The van der Waals surface area contributed by atoms with Crippen molar-refractivity contribution < 1.29 is 24.8 Å².